The predicted molar refractivity (Wildman–Crippen MR) is 82.3 cm³/mol. The van der Waals surface area contributed by atoms with Gasteiger partial charge in [0.25, 0.3) is 5.91 Å². The smallest absolute Gasteiger partial charge is 0.337 e. The molecule has 11 heteroatoms. The molecule has 0 saturated carbocycles. The van der Waals surface area contributed by atoms with E-state index < -0.39 is 28.5 Å². The zero-order chi connectivity index (χ0) is 18.6. The molecule has 2 aromatic rings. The van der Waals surface area contributed by atoms with Crippen LogP contribution in [0, 0.1) is 10.1 Å². The summed E-state index contributed by atoms with van der Waals surface area (Å²) in [5.41, 5.74) is -0.889. The largest absolute Gasteiger partial charge is 0.465 e. The van der Waals surface area contributed by atoms with Gasteiger partial charge < -0.3 is 14.8 Å². The lowest BCUT2D eigenvalue weighted by atomic mass is 10.1. The van der Waals surface area contributed by atoms with E-state index in [-0.39, 0.29) is 22.5 Å². The van der Waals surface area contributed by atoms with Crippen LogP contribution in [0.3, 0.4) is 0 Å². The first kappa shape index (κ1) is 17.6. The lowest BCUT2D eigenvalue weighted by Gasteiger charge is -2.09. The quantitative estimate of drug-likeness (QED) is 0.463. The summed E-state index contributed by atoms with van der Waals surface area (Å²) in [6.07, 6.45) is 0.889. The maximum absolute atomic E-state index is 12.2. The Bertz CT molecular complexity index is 824. The molecule has 0 bridgehead atoms. The van der Waals surface area contributed by atoms with Crippen LogP contribution in [0.5, 0.6) is 0 Å². The third kappa shape index (κ3) is 3.77. The van der Waals surface area contributed by atoms with Crippen molar-refractivity contribution in [2.75, 3.05) is 19.5 Å². The second-order valence-electron chi connectivity index (χ2n) is 4.62. The normalized spacial score (nSPS) is 10.0. The Hall–Kier alpha value is -3.76. The molecule has 1 aromatic heterocycles. The molecule has 11 nitrogen and oxygen atoms in total. The van der Waals surface area contributed by atoms with Crippen molar-refractivity contribution in [3.05, 3.63) is 51.3 Å². The highest BCUT2D eigenvalue weighted by Gasteiger charge is 2.23. The molecule has 0 aliphatic rings. The molecular formula is C14H12N4O7. The number of aromatic nitrogens is 2. The van der Waals surface area contributed by atoms with Crippen LogP contribution in [-0.4, -0.2) is 47.2 Å². The number of H-pyrrole nitrogens is 1. The minimum Gasteiger partial charge on any atom is -0.465 e. The summed E-state index contributed by atoms with van der Waals surface area (Å²) in [6.45, 7) is 0. The average molecular weight is 348 g/mol. The Morgan fingerprint density at radius 3 is 2.16 bits per heavy atom. The number of hydrogen-bond donors (Lipinski definition) is 2. The molecule has 0 radical (unpaired) electrons. The van der Waals surface area contributed by atoms with E-state index in [4.69, 9.17) is 0 Å². The molecule has 1 amide bonds. The summed E-state index contributed by atoms with van der Waals surface area (Å²) in [5.74, 6) is -2.36. The molecule has 25 heavy (non-hydrogen) atoms. The summed E-state index contributed by atoms with van der Waals surface area (Å²) in [7, 11) is 2.30. The lowest BCUT2D eigenvalue weighted by Crippen LogP contribution is -2.16. The predicted octanol–water partition coefficient (Wildman–Crippen LogP) is 1.14. The van der Waals surface area contributed by atoms with Crippen molar-refractivity contribution >= 4 is 29.2 Å². The van der Waals surface area contributed by atoms with Crippen molar-refractivity contribution in [3.8, 4) is 0 Å². The molecule has 0 saturated heterocycles. The second-order valence-corrected chi connectivity index (χ2v) is 4.62. The van der Waals surface area contributed by atoms with Gasteiger partial charge in [0.1, 0.15) is 6.20 Å². The van der Waals surface area contributed by atoms with Gasteiger partial charge in [0.2, 0.25) is 5.69 Å². The molecule has 1 heterocycles. The van der Waals surface area contributed by atoms with Crippen LogP contribution in [-0.2, 0) is 9.47 Å². The maximum atomic E-state index is 12.2. The molecule has 0 spiro atoms. The number of rotatable bonds is 5. The van der Waals surface area contributed by atoms with E-state index in [2.05, 4.69) is 25.0 Å². The summed E-state index contributed by atoms with van der Waals surface area (Å²) >= 11 is 0. The van der Waals surface area contributed by atoms with Gasteiger partial charge in [-0.25, -0.2) is 9.59 Å². The van der Waals surface area contributed by atoms with Crippen LogP contribution in [0.25, 0.3) is 0 Å². The topological polar surface area (TPSA) is 154 Å². The average Bonchev–Trinajstić information content (AvgIpc) is 3.10. The Labute approximate surface area is 140 Å². The number of aromatic amines is 1. The molecule has 0 atom stereocenters. The number of carbonyl (C=O) groups is 3. The first-order valence-electron chi connectivity index (χ1n) is 6.68. The summed E-state index contributed by atoms with van der Waals surface area (Å²) in [6, 6.07) is 3.72. The van der Waals surface area contributed by atoms with Crippen molar-refractivity contribution in [2.45, 2.75) is 0 Å². The van der Waals surface area contributed by atoms with E-state index in [1.165, 1.54) is 18.2 Å². The molecule has 1 aromatic carbocycles. The second kappa shape index (κ2) is 7.21. The zero-order valence-electron chi connectivity index (χ0n) is 13.1. The van der Waals surface area contributed by atoms with Gasteiger partial charge in [-0.1, -0.05) is 0 Å². The Morgan fingerprint density at radius 1 is 1.12 bits per heavy atom. The third-order valence-electron chi connectivity index (χ3n) is 3.08. The molecule has 0 aliphatic carbocycles. The van der Waals surface area contributed by atoms with E-state index in [0.29, 0.717) is 0 Å². The first-order chi connectivity index (χ1) is 11.9. The van der Waals surface area contributed by atoms with E-state index >= 15 is 0 Å². The molecule has 2 rings (SSSR count). The Balaban J connectivity index is 2.39. The number of nitrogens with zero attached hydrogens (tertiary/aromatic N) is 2. The number of amides is 1. The van der Waals surface area contributed by atoms with Gasteiger partial charge in [-0.2, -0.15) is 5.10 Å². The van der Waals surface area contributed by atoms with Gasteiger partial charge >= 0.3 is 17.6 Å². The highest BCUT2D eigenvalue weighted by atomic mass is 16.6. The number of nitrogens with one attached hydrogen (secondary N) is 2. The summed E-state index contributed by atoms with van der Waals surface area (Å²) in [4.78, 5) is 45.6. The Kier molecular flexibility index (Phi) is 5.07. The number of hydrogen-bond acceptors (Lipinski definition) is 8. The van der Waals surface area contributed by atoms with E-state index in [9.17, 15) is 24.5 Å². The van der Waals surface area contributed by atoms with E-state index in [1.807, 2.05) is 0 Å². The highest BCUT2D eigenvalue weighted by Crippen LogP contribution is 2.20. The third-order valence-corrected chi connectivity index (χ3v) is 3.08. The van der Waals surface area contributed by atoms with E-state index in [1.54, 1.807) is 0 Å². The Morgan fingerprint density at radius 2 is 1.68 bits per heavy atom. The first-order valence-corrected chi connectivity index (χ1v) is 6.68. The van der Waals surface area contributed by atoms with Crippen LogP contribution in [0.4, 0.5) is 11.4 Å². The number of ether oxygens (including phenoxy) is 2. The molecule has 130 valence electrons. The fourth-order valence-electron chi connectivity index (χ4n) is 1.95. The fourth-order valence-corrected chi connectivity index (χ4v) is 1.95. The molecule has 0 aliphatic heterocycles. The lowest BCUT2D eigenvalue weighted by molar-refractivity contribution is -0.385. The van der Waals surface area contributed by atoms with Crippen molar-refractivity contribution in [3.63, 3.8) is 0 Å². The van der Waals surface area contributed by atoms with Gasteiger partial charge in [0.05, 0.1) is 30.3 Å². The van der Waals surface area contributed by atoms with Crippen LogP contribution in [0.1, 0.15) is 31.2 Å². The number of anilines is 1. The van der Waals surface area contributed by atoms with Crippen LogP contribution in [0.2, 0.25) is 0 Å². The number of benzene rings is 1. The van der Waals surface area contributed by atoms with Gasteiger partial charge in [-0.3, -0.25) is 20.0 Å². The van der Waals surface area contributed by atoms with Gasteiger partial charge in [0.15, 0.2) is 0 Å². The van der Waals surface area contributed by atoms with Crippen LogP contribution in [0.15, 0.2) is 24.4 Å². The van der Waals surface area contributed by atoms with Crippen molar-refractivity contribution in [1.82, 2.24) is 10.2 Å². The minimum atomic E-state index is -0.873. The molecule has 2 N–H and O–H groups in total. The van der Waals surface area contributed by atoms with Crippen molar-refractivity contribution < 1.29 is 28.8 Å². The SMILES string of the molecule is COC(=O)c1cc(NC(=O)c2[nH]ncc2[N+](=O)[O-])cc(C(=O)OC)c1. The molecule has 0 fully saturated rings. The fraction of sp³-hybridized carbons (Fsp3) is 0.143. The van der Waals surface area contributed by atoms with Gasteiger partial charge in [-0.05, 0) is 18.2 Å². The molecule has 0 unspecified atom stereocenters. The van der Waals surface area contributed by atoms with Crippen LogP contribution < -0.4 is 5.32 Å². The zero-order valence-corrected chi connectivity index (χ0v) is 13.1. The van der Waals surface area contributed by atoms with Crippen molar-refractivity contribution in [2.24, 2.45) is 0 Å². The molecular weight excluding hydrogens is 336 g/mol. The standard InChI is InChI=1S/C14H12N4O7/c1-24-13(20)7-3-8(14(21)25-2)5-9(4-7)16-12(19)11-10(18(22)23)6-15-17-11/h3-6H,1-2H3,(H,15,17)(H,16,19). The maximum Gasteiger partial charge on any atom is 0.337 e. The number of nitro groups is 1. The summed E-state index contributed by atoms with van der Waals surface area (Å²) in [5, 5.41) is 18.9. The monoisotopic (exact) mass is 348 g/mol. The van der Waals surface area contributed by atoms with Crippen LogP contribution >= 0.6 is 0 Å². The number of carbonyl (C=O) groups excluding carboxylic acids is 3. The summed E-state index contributed by atoms with van der Waals surface area (Å²) < 4.78 is 9.16. The number of methoxy groups -OCH3 is 2. The highest BCUT2D eigenvalue weighted by molar-refractivity contribution is 6.07. The van der Waals surface area contributed by atoms with Crippen molar-refractivity contribution in [1.29, 1.82) is 0 Å². The van der Waals surface area contributed by atoms with Gasteiger partial charge in [0, 0.05) is 5.69 Å². The van der Waals surface area contributed by atoms with Gasteiger partial charge in [-0.15, -0.1) is 0 Å². The minimum absolute atomic E-state index is 0.0141. The number of esters is 2. The van der Waals surface area contributed by atoms with E-state index in [0.717, 1.165) is 20.4 Å².